The average molecular weight is 278 g/mol. The molecule has 0 saturated heterocycles. The lowest BCUT2D eigenvalue weighted by molar-refractivity contribution is -0.161. The lowest BCUT2D eigenvalue weighted by atomic mass is 10.0. The minimum Gasteiger partial charge on any atom is -0.497 e. The number of allylic oxidation sites excluding steroid dienone is 1. The SMILES string of the molecule is CCC=C(C(=O)OCOC(C)=O)c1ccc(OC)cc1. The number of hydrogen-bond donors (Lipinski definition) is 0. The van der Waals surface area contributed by atoms with Crippen LogP contribution in [0.1, 0.15) is 25.8 Å². The molecule has 20 heavy (non-hydrogen) atoms. The molecule has 0 saturated carbocycles. The van der Waals surface area contributed by atoms with Gasteiger partial charge in [-0.05, 0) is 24.1 Å². The normalized spacial score (nSPS) is 10.8. The van der Waals surface area contributed by atoms with E-state index in [2.05, 4.69) is 4.74 Å². The number of ether oxygens (including phenoxy) is 3. The lowest BCUT2D eigenvalue weighted by Crippen LogP contribution is -2.12. The molecule has 0 fully saturated rings. The van der Waals surface area contributed by atoms with Crippen LogP contribution in [-0.4, -0.2) is 25.8 Å². The third-order valence-corrected chi connectivity index (χ3v) is 2.48. The molecule has 0 radical (unpaired) electrons. The summed E-state index contributed by atoms with van der Waals surface area (Å²) in [4.78, 5) is 22.6. The molecule has 1 rings (SSSR count). The second kappa shape index (κ2) is 7.99. The maximum Gasteiger partial charge on any atom is 0.341 e. The van der Waals surface area contributed by atoms with E-state index in [9.17, 15) is 9.59 Å². The van der Waals surface area contributed by atoms with Gasteiger partial charge in [-0.15, -0.1) is 0 Å². The number of carbonyl (C=O) groups is 2. The van der Waals surface area contributed by atoms with Crippen molar-refractivity contribution in [3.8, 4) is 5.75 Å². The van der Waals surface area contributed by atoms with Gasteiger partial charge in [0.15, 0.2) is 0 Å². The van der Waals surface area contributed by atoms with Gasteiger partial charge >= 0.3 is 11.9 Å². The molecule has 108 valence electrons. The van der Waals surface area contributed by atoms with E-state index in [1.54, 1.807) is 37.5 Å². The van der Waals surface area contributed by atoms with Crippen molar-refractivity contribution in [2.24, 2.45) is 0 Å². The Balaban J connectivity index is 2.79. The molecule has 0 unspecified atom stereocenters. The average Bonchev–Trinajstić information content (AvgIpc) is 2.44. The van der Waals surface area contributed by atoms with Crippen molar-refractivity contribution in [3.05, 3.63) is 35.9 Å². The van der Waals surface area contributed by atoms with Crippen molar-refractivity contribution in [3.63, 3.8) is 0 Å². The fourth-order valence-corrected chi connectivity index (χ4v) is 1.54. The van der Waals surface area contributed by atoms with Gasteiger partial charge < -0.3 is 14.2 Å². The van der Waals surface area contributed by atoms with Gasteiger partial charge in [-0.1, -0.05) is 25.1 Å². The van der Waals surface area contributed by atoms with E-state index in [1.165, 1.54) is 6.92 Å². The molecule has 5 nitrogen and oxygen atoms in total. The van der Waals surface area contributed by atoms with E-state index in [1.807, 2.05) is 6.92 Å². The van der Waals surface area contributed by atoms with Gasteiger partial charge in [0.2, 0.25) is 6.79 Å². The highest BCUT2D eigenvalue weighted by Gasteiger charge is 2.13. The fraction of sp³-hybridized carbons (Fsp3) is 0.333. The van der Waals surface area contributed by atoms with Gasteiger partial charge in [0.1, 0.15) is 5.75 Å². The lowest BCUT2D eigenvalue weighted by Gasteiger charge is -2.09. The minimum atomic E-state index is -0.529. The monoisotopic (exact) mass is 278 g/mol. The number of rotatable bonds is 6. The zero-order valence-corrected chi connectivity index (χ0v) is 11.8. The predicted octanol–water partition coefficient (Wildman–Crippen LogP) is 2.55. The molecule has 0 aliphatic carbocycles. The molecule has 0 heterocycles. The van der Waals surface area contributed by atoms with Crippen LogP contribution in [0.2, 0.25) is 0 Å². The van der Waals surface area contributed by atoms with Crippen LogP contribution in [0.4, 0.5) is 0 Å². The molecule has 0 aromatic heterocycles. The number of esters is 2. The summed E-state index contributed by atoms with van der Waals surface area (Å²) in [5, 5.41) is 0. The standard InChI is InChI=1S/C15H18O5/c1-4-5-14(15(17)20-10-19-11(2)16)12-6-8-13(18-3)9-7-12/h5-9H,4,10H2,1-3H3. The summed E-state index contributed by atoms with van der Waals surface area (Å²) in [6, 6.07) is 7.07. The molecule has 0 aliphatic heterocycles. The second-order valence-electron chi connectivity index (χ2n) is 3.94. The van der Waals surface area contributed by atoms with Gasteiger partial charge in [0.25, 0.3) is 0 Å². The summed E-state index contributed by atoms with van der Waals surface area (Å²) in [6.07, 6.45) is 2.45. The number of methoxy groups -OCH3 is 1. The Morgan fingerprint density at radius 2 is 1.80 bits per heavy atom. The van der Waals surface area contributed by atoms with Crippen molar-refractivity contribution in [2.45, 2.75) is 20.3 Å². The summed E-state index contributed by atoms with van der Waals surface area (Å²) in [5.41, 5.74) is 1.16. The molecular formula is C15H18O5. The summed E-state index contributed by atoms with van der Waals surface area (Å²) in [5.74, 6) is -0.320. The van der Waals surface area contributed by atoms with Crippen LogP contribution in [0, 0.1) is 0 Å². The first-order valence-electron chi connectivity index (χ1n) is 6.23. The van der Waals surface area contributed by atoms with E-state index in [4.69, 9.17) is 9.47 Å². The predicted molar refractivity (Wildman–Crippen MR) is 74.0 cm³/mol. The summed E-state index contributed by atoms with van der Waals surface area (Å²) >= 11 is 0. The number of hydrogen-bond acceptors (Lipinski definition) is 5. The highest BCUT2D eigenvalue weighted by Crippen LogP contribution is 2.20. The molecule has 5 heteroatoms. The van der Waals surface area contributed by atoms with Gasteiger partial charge in [0.05, 0.1) is 12.7 Å². The molecule has 0 aliphatic rings. The first-order valence-corrected chi connectivity index (χ1v) is 6.23. The maximum absolute atomic E-state index is 12.0. The van der Waals surface area contributed by atoms with Crippen molar-refractivity contribution in [1.82, 2.24) is 0 Å². The highest BCUT2D eigenvalue weighted by molar-refractivity contribution is 6.16. The smallest absolute Gasteiger partial charge is 0.341 e. The van der Waals surface area contributed by atoms with Gasteiger partial charge in [0, 0.05) is 6.92 Å². The first-order chi connectivity index (χ1) is 9.58. The Kier molecular flexibility index (Phi) is 6.29. The zero-order valence-electron chi connectivity index (χ0n) is 11.8. The molecule has 1 aromatic carbocycles. The Labute approximate surface area is 118 Å². The maximum atomic E-state index is 12.0. The third kappa shape index (κ3) is 4.76. The summed E-state index contributed by atoms with van der Waals surface area (Å²) < 4.78 is 14.5. The van der Waals surface area contributed by atoms with Gasteiger partial charge in [-0.3, -0.25) is 4.79 Å². The van der Waals surface area contributed by atoms with E-state index in [0.717, 1.165) is 5.56 Å². The Morgan fingerprint density at radius 1 is 1.15 bits per heavy atom. The largest absolute Gasteiger partial charge is 0.497 e. The summed E-state index contributed by atoms with van der Waals surface area (Å²) in [6.45, 7) is 2.79. The molecule has 0 atom stereocenters. The van der Waals surface area contributed by atoms with Crippen LogP contribution in [0.3, 0.4) is 0 Å². The molecule has 0 spiro atoms. The van der Waals surface area contributed by atoms with Crippen LogP contribution >= 0.6 is 0 Å². The van der Waals surface area contributed by atoms with Crippen LogP contribution < -0.4 is 4.74 Å². The Hall–Kier alpha value is -2.30. The molecule has 0 bridgehead atoms. The van der Waals surface area contributed by atoms with Crippen molar-refractivity contribution in [1.29, 1.82) is 0 Å². The molecular weight excluding hydrogens is 260 g/mol. The fourth-order valence-electron chi connectivity index (χ4n) is 1.54. The zero-order chi connectivity index (χ0) is 15.0. The molecule has 0 amide bonds. The number of benzene rings is 1. The van der Waals surface area contributed by atoms with Crippen LogP contribution in [0.25, 0.3) is 5.57 Å². The van der Waals surface area contributed by atoms with Crippen molar-refractivity contribution >= 4 is 17.5 Å². The van der Waals surface area contributed by atoms with E-state index < -0.39 is 11.9 Å². The van der Waals surface area contributed by atoms with Crippen LogP contribution in [0.5, 0.6) is 5.75 Å². The minimum absolute atomic E-state index is 0.384. The van der Waals surface area contributed by atoms with E-state index >= 15 is 0 Å². The van der Waals surface area contributed by atoms with E-state index in [0.29, 0.717) is 17.7 Å². The Morgan fingerprint density at radius 3 is 2.30 bits per heavy atom. The molecule has 0 N–H and O–H groups in total. The van der Waals surface area contributed by atoms with Crippen molar-refractivity contribution < 1.29 is 23.8 Å². The van der Waals surface area contributed by atoms with Crippen molar-refractivity contribution in [2.75, 3.05) is 13.9 Å². The highest BCUT2D eigenvalue weighted by atomic mass is 16.7. The van der Waals surface area contributed by atoms with Gasteiger partial charge in [-0.2, -0.15) is 0 Å². The van der Waals surface area contributed by atoms with Gasteiger partial charge in [-0.25, -0.2) is 4.79 Å². The van der Waals surface area contributed by atoms with Crippen LogP contribution in [-0.2, 0) is 19.1 Å². The second-order valence-corrected chi connectivity index (χ2v) is 3.94. The quantitative estimate of drug-likeness (QED) is 0.454. The Bertz CT molecular complexity index is 487. The first kappa shape index (κ1) is 15.8. The van der Waals surface area contributed by atoms with Crippen LogP contribution in [0.15, 0.2) is 30.3 Å². The summed E-state index contributed by atoms with van der Waals surface area (Å²) in [7, 11) is 1.57. The topological polar surface area (TPSA) is 61.8 Å². The third-order valence-electron chi connectivity index (χ3n) is 2.48. The molecule has 1 aromatic rings. The number of carbonyl (C=O) groups excluding carboxylic acids is 2. The van der Waals surface area contributed by atoms with E-state index in [-0.39, 0.29) is 6.79 Å².